The van der Waals surface area contributed by atoms with Gasteiger partial charge in [-0.15, -0.1) is 0 Å². The zero-order valence-corrected chi connectivity index (χ0v) is 16.5. The first-order chi connectivity index (χ1) is 13.1. The molecule has 6 heteroatoms. The van der Waals surface area contributed by atoms with Crippen molar-refractivity contribution in [1.29, 1.82) is 0 Å². The molecule has 5 nitrogen and oxygen atoms in total. The average molecular weight is 392 g/mol. The third-order valence-corrected chi connectivity index (χ3v) is 4.85. The van der Waals surface area contributed by atoms with Crippen LogP contribution in [0, 0.1) is 0 Å². The van der Waals surface area contributed by atoms with Crippen molar-refractivity contribution in [2.75, 3.05) is 27.4 Å². The molecule has 0 unspecified atom stereocenters. The third kappa shape index (κ3) is 5.76. The van der Waals surface area contributed by atoms with Crippen LogP contribution in [-0.2, 0) is 6.54 Å². The minimum Gasteiger partial charge on any atom is -0.493 e. The van der Waals surface area contributed by atoms with Crippen LogP contribution in [0.25, 0.3) is 0 Å². The molecule has 0 aromatic heterocycles. The zero-order valence-electron chi connectivity index (χ0n) is 15.7. The molecule has 1 fully saturated rings. The van der Waals surface area contributed by atoms with Crippen LogP contribution in [0.3, 0.4) is 0 Å². The number of hydrogen-bond donors (Lipinski definition) is 1. The fraction of sp³-hybridized carbons (Fsp3) is 0.429. The number of methoxy groups -OCH3 is 2. The monoisotopic (exact) mass is 391 g/mol. The van der Waals surface area contributed by atoms with Crippen LogP contribution in [-0.4, -0.2) is 49.5 Å². The Balaban J connectivity index is 1.56. The number of benzene rings is 2. The Labute approximate surface area is 165 Å². The molecule has 2 aromatic rings. The maximum Gasteiger partial charge on any atom is 0.161 e. The van der Waals surface area contributed by atoms with E-state index in [2.05, 4.69) is 4.90 Å². The van der Waals surface area contributed by atoms with E-state index in [1.807, 2.05) is 18.2 Å². The number of rotatable bonds is 10. The van der Waals surface area contributed by atoms with Crippen LogP contribution >= 0.6 is 11.6 Å². The number of ether oxygens (including phenoxy) is 3. The van der Waals surface area contributed by atoms with Gasteiger partial charge in [0, 0.05) is 24.2 Å². The fourth-order valence-electron chi connectivity index (χ4n) is 3.04. The van der Waals surface area contributed by atoms with Gasteiger partial charge in [0.1, 0.15) is 18.5 Å². The molecule has 0 aliphatic heterocycles. The average Bonchev–Trinajstić information content (AvgIpc) is 3.52. The van der Waals surface area contributed by atoms with Crippen LogP contribution in [0.1, 0.15) is 18.4 Å². The van der Waals surface area contributed by atoms with Crippen molar-refractivity contribution in [3.05, 3.63) is 53.1 Å². The Hall–Kier alpha value is -1.95. The Kier molecular flexibility index (Phi) is 6.83. The molecule has 1 aliphatic carbocycles. The molecule has 27 heavy (non-hydrogen) atoms. The van der Waals surface area contributed by atoms with Crippen LogP contribution in [0.4, 0.5) is 0 Å². The zero-order chi connectivity index (χ0) is 19.2. The van der Waals surface area contributed by atoms with Gasteiger partial charge in [0.05, 0.1) is 14.2 Å². The van der Waals surface area contributed by atoms with E-state index in [9.17, 15) is 5.11 Å². The molecule has 2 aromatic carbocycles. The number of aliphatic hydroxyl groups excluding tert-OH is 1. The smallest absolute Gasteiger partial charge is 0.161 e. The van der Waals surface area contributed by atoms with E-state index in [0.717, 1.165) is 36.4 Å². The van der Waals surface area contributed by atoms with Crippen molar-refractivity contribution in [2.24, 2.45) is 0 Å². The molecule has 146 valence electrons. The maximum atomic E-state index is 10.4. The van der Waals surface area contributed by atoms with Gasteiger partial charge in [-0.05, 0) is 54.8 Å². The van der Waals surface area contributed by atoms with Gasteiger partial charge in [-0.1, -0.05) is 17.7 Å². The summed E-state index contributed by atoms with van der Waals surface area (Å²) in [5, 5.41) is 11.1. The predicted octanol–water partition coefficient (Wildman–Crippen LogP) is 3.76. The minimum atomic E-state index is -0.568. The van der Waals surface area contributed by atoms with Gasteiger partial charge in [0.2, 0.25) is 0 Å². The molecule has 1 aliphatic rings. The molecule has 0 spiro atoms. The summed E-state index contributed by atoms with van der Waals surface area (Å²) >= 11 is 5.87. The fourth-order valence-corrected chi connectivity index (χ4v) is 3.17. The lowest BCUT2D eigenvalue weighted by Crippen LogP contribution is -2.36. The molecule has 0 amide bonds. The Morgan fingerprint density at radius 3 is 2.41 bits per heavy atom. The second-order valence-corrected chi connectivity index (χ2v) is 7.21. The highest BCUT2D eigenvalue weighted by Crippen LogP contribution is 2.31. The molecule has 1 atom stereocenters. The van der Waals surface area contributed by atoms with Crippen LogP contribution in [0.2, 0.25) is 5.02 Å². The lowest BCUT2D eigenvalue weighted by Gasteiger charge is -2.25. The van der Waals surface area contributed by atoms with Gasteiger partial charge in [-0.25, -0.2) is 0 Å². The van der Waals surface area contributed by atoms with E-state index in [0.29, 0.717) is 23.4 Å². The Morgan fingerprint density at radius 1 is 1.07 bits per heavy atom. The van der Waals surface area contributed by atoms with Crippen molar-refractivity contribution >= 4 is 11.6 Å². The van der Waals surface area contributed by atoms with E-state index < -0.39 is 6.10 Å². The summed E-state index contributed by atoms with van der Waals surface area (Å²) in [6.45, 7) is 1.56. The second kappa shape index (κ2) is 9.31. The topological polar surface area (TPSA) is 51.2 Å². The summed E-state index contributed by atoms with van der Waals surface area (Å²) < 4.78 is 16.4. The third-order valence-electron chi connectivity index (χ3n) is 4.60. The Morgan fingerprint density at radius 2 is 1.78 bits per heavy atom. The van der Waals surface area contributed by atoms with E-state index in [1.54, 1.807) is 38.5 Å². The van der Waals surface area contributed by atoms with Gasteiger partial charge in [-0.2, -0.15) is 0 Å². The highest BCUT2D eigenvalue weighted by Gasteiger charge is 2.30. The van der Waals surface area contributed by atoms with Gasteiger partial charge in [0.25, 0.3) is 0 Å². The number of nitrogens with zero attached hydrogens (tertiary/aromatic N) is 1. The largest absolute Gasteiger partial charge is 0.493 e. The molecular formula is C21H26ClNO4. The summed E-state index contributed by atoms with van der Waals surface area (Å²) in [5.41, 5.74) is 1.13. The summed E-state index contributed by atoms with van der Waals surface area (Å²) in [7, 11) is 3.27. The summed E-state index contributed by atoms with van der Waals surface area (Å²) in [5.74, 6) is 2.14. The number of halogens is 1. The van der Waals surface area contributed by atoms with Gasteiger partial charge in [0.15, 0.2) is 11.5 Å². The highest BCUT2D eigenvalue weighted by atomic mass is 35.5. The molecule has 1 N–H and O–H groups in total. The minimum absolute atomic E-state index is 0.247. The van der Waals surface area contributed by atoms with Crippen molar-refractivity contribution in [3.8, 4) is 17.2 Å². The van der Waals surface area contributed by atoms with Crippen molar-refractivity contribution in [3.63, 3.8) is 0 Å². The molecule has 3 rings (SSSR count). The van der Waals surface area contributed by atoms with Crippen LogP contribution in [0.15, 0.2) is 42.5 Å². The van der Waals surface area contributed by atoms with Crippen molar-refractivity contribution < 1.29 is 19.3 Å². The van der Waals surface area contributed by atoms with E-state index in [4.69, 9.17) is 25.8 Å². The second-order valence-electron chi connectivity index (χ2n) is 6.77. The molecule has 0 radical (unpaired) electrons. The molecule has 0 saturated heterocycles. The van der Waals surface area contributed by atoms with Crippen LogP contribution < -0.4 is 14.2 Å². The highest BCUT2D eigenvalue weighted by molar-refractivity contribution is 6.30. The predicted molar refractivity (Wildman–Crippen MR) is 106 cm³/mol. The lowest BCUT2D eigenvalue weighted by atomic mass is 10.1. The summed E-state index contributed by atoms with van der Waals surface area (Å²) in [6, 6.07) is 13.6. The van der Waals surface area contributed by atoms with E-state index in [-0.39, 0.29) is 6.61 Å². The Bertz CT molecular complexity index is 733. The molecule has 1 saturated carbocycles. The van der Waals surface area contributed by atoms with E-state index >= 15 is 0 Å². The number of aliphatic hydroxyl groups is 1. The number of hydrogen-bond acceptors (Lipinski definition) is 5. The first kappa shape index (κ1) is 19.8. The van der Waals surface area contributed by atoms with Gasteiger partial charge in [-0.3, -0.25) is 4.90 Å². The summed E-state index contributed by atoms with van der Waals surface area (Å²) in [6.07, 6.45) is 1.76. The maximum absolute atomic E-state index is 10.4. The molecule has 0 bridgehead atoms. The SMILES string of the molecule is COc1ccc(CN(C[C@@H](O)COc2ccc(Cl)cc2)C2CC2)cc1OC. The van der Waals surface area contributed by atoms with Crippen molar-refractivity contribution in [2.45, 2.75) is 31.5 Å². The van der Waals surface area contributed by atoms with E-state index in [1.165, 1.54) is 0 Å². The molecular weight excluding hydrogens is 366 g/mol. The standard InChI is InChI=1S/C21H26ClNO4/c1-25-20-10-3-15(11-21(20)26-2)12-23(17-6-7-17)13-18(24)14-27-19-8-4-16(22)5-9-19/h3-5,8-11,17-18,24H,6-7,12-14H2,1-2H3/t18-/m1/s1. The lowest BCUT2D eigenvalue weighted by molar-refractivity contribution is 0.0626. The van der Waals surface area contributed by atoms with Crippen LogP contribution in [0.5, 0.6) is 17.2 Å². The molecule has 0 heterocycles. The van der Waals surface area contributed by atoms with Gasteiger partial charge >= 0.3 is 0 Å². The quantitative estimate of drug-likeness (QED) is 0.668. The normalized spacial score (nSPS) is 14.9. The first-order valence-corrected chi connectivity index (χ1v) is 9.48. The first-order valence-electron chi connectivity index (χ1n) is 9.10. The van der Waals surface area contributed by atoms with Crippen molar-refractivity contribution in [1.82, 2.24) is 4.90 Å². The van der Waals surface area contributed by atoms with Gasteiger partial charge < -0.3 is 19.3 Å². The summed E-state index contributed by atoms with van der Waals surface area (Å²) in [4.78, 5) is 2.30.